The second-order valence-electron chi connectivity index (χ2n) is 6.37. The van der Waals surface area contributed by atoms with Gasteiger partial charge in [0.15, 0.2) is 18.1 Å². The molecule has 3 rings (SSSR count). The second-order valence-corrected chi connectivity index (χ2v) is 6.37. The lowest BCUT2D eigenvalue weighted by Gasteiger charge is -2.29. The first-order valence-electron chi connectivity index (χ1n) is 8.90. The van der Waals surface area contributed by atoms with Crippen LogP contribution < -0.4 is 14.2 Å². The number of amides is 1. The van der Waals surface area contributed by atoms with Gasteiger partial charge in [-0.3, -0.25) is 4.79 Å². The molecule has 0 aliphatic carbocycles. The predicted molar refractivity (Wildman–Crippen MR) is 100.0 cm³/mol. The van der Waals surface area contributed by atoms with E-state index in [1.807, 2.05) is 49.1 Å². The van der Waals surface area contributed by atoms with Crippen molar-refractivity contribution in [2.24, 2.45) is 0 Å². The maximum Gasteiger partial charge on any atom is 0.260 e. The lowest BCUT2D eigenvalue weighted by molar-refractivity contribution is -0.134. The van der Waals surface area contributed by atoms with Crippen LogP contribution in [0.3, 0.4) is 0 Å². The molecule has 0 bridgehead atoms. The molecule has 5 heteroatoms. The van der Waals surface area contributed by atoms with Gasteiger partial charge in [-0.15, -0.1) is 0 Å². The first-order chi connectivity index (χ1) is 12.6. The number of carbonyl (C=O) groups excluding carboxylic acids is 1. The number of ether oxygens (including phenoxy) is 3. The quantitative estimate of drug-likeness (QED) is 0.797. The Morgan fingerprint density at radius 2 is 1.92 bits per heavy atom. The van der Waals surface area contributed by atoms with Crippen LogP contribution in [0.2, 0.25) is 0 Å². The molecule has 0 saturated heterocycles. The minimum Gasteiger partial charge on any atom is -0.494 e. The van der Waals surface area contributed by atoms with Crippen molar-refractivity contribution in [3.63, 3.8) is 0 Å². The highest BCUT2D eigenvalue weighted by Crippen LogP contribution is 2.28. The van der Waals surface area contributed by atoms with Crippen LogP contribution in [-0.4, -0.2) is 37.7 Å². The van der Waals surface area contributed by atoms with Gasteiger partial charge in [-0.2, -0.15) is 0 Å². The van der Waals surface area contributed by atoms with E-state index in [-0.39, 0.29) is 12.5 Å². The SMILES string of the molecule is CCOc1ccc2c(c1)CN(C(=O)COc1ccc(C)cc1OC)CC2. The van der Waals surface area contributed by atoms with Crippen molar-refractivity contribution in [2.45, 2.75) is 26.8 Å². The summed E-state index contributed by atoms with van der Waals surface area (Å²) in [5.74, 6) is 2.05. The lowest BCUT2D eigenvalue weighted by atomic mass is 9.99. The maximum absolute atomic E-state index is 12.6. The molecule has 0 fully saturated rings. The normalized spacial score (nSPS) is 13.1. The number of methoxy groups -OCH3 is 1. The van der Waals surface area contributed by atoms with E-state index in [1.165, 1.54) is 5.56 Å². The van der Waals surface area contributed by atoms with Crippen LogP contribution in [0, 0.1) is 6.92 Å². The Kier molecular flexibility index (Phi) is 5.66. The number of rotatable bonds is 6. The smallest absolute Gasteiger partial charge is 0.260 e. The van der Waals surface area contributed by atoms with Crippen LogP contribution in [0.4, 0.5) is 0 Å². The largest absolute Gasteiger partial charge is 0.494 e. The van der Waals surface area contributed by atoms with E-state index >= 15 is 0 Å². The molecule has 26 heavy (non-hydrogen) atoms. The topological polar surface area (TPSA) is 48.0 Å². The Balaban J connectivity index is 1.63. The number of aryl methyl sites for hydroxylation is 1. The zero-order valence-electron chi connectivity index (χ0n) is 15.6. The highest BCUT2D eigenvalue weighted by atomic mass is 16.5. The summed E-state index contributed by atoms with van der Waals surface area (Å²) >= 11 is 0. The fourth-order valence-electron chi connectivity index (χ4n) is 3.13. The van der Waals surface area contributed by atoms with Gasteiger partial charge in [0.25, 0.3) is 5.91 Å². The summed E-state index contributed by atoms with van der Waals surface area (Å²) in [7, 11) is 1.60. The fraction of sp³-hybridized carbons (Fsp3) is 0.381. The van der Waals surface area contributed by atoms with Crippen molar-refractivity contribution >= 4 is 5.91 Å². The van der Waals surface area contributed by atoms with Crippen molar-refractivity contribution < 1.29 is 19.0 Å². The minimum atomic E-state index is -0.0277. The predicted octanol–water partition coefficient (Wildman–Crippen LogP) is 3.37. The number of carbonyl (C=O) groups is 1. The van der Waals surface area contributed by atoms with Crippen molar-refractivity contribution in [2.75, 3.05) is 26.9 Å². The van der Waals surface area contributed by atoms with E-state index in [4.69, 9.17) is 14.2 Å². The van der Waals surface area contributed by atoms with Crippen LogP contribution in [0.1, 0.15) is 23.6 Å². The van der Waals surface area contributed by atoms with Crippen molar-refractivity contribution in [3.05, 3.63) is 53.1 Å². The third kappa shape index (κ3) is 4.10. The standard InChI is InChI=1S/C21H25NO4/c1-4-25-18-7-6-16-9-10-22(13-17(16)12-18)21(23)14-26-19-8-5-15(2)11-20(19)24-3/h5-8,11-12H,4,9-10,13-14H2,1-3H3. The molecule has 0 saturated carbocycles. The van der Waals surface area contributed by atoms with Gasteiger partial charge in [-0.05, 0) is 61.2 Å². The summed E-state index contributed by atoms with van der Waals surface area (Å²) in [6, 6.07) is 11.8. The Morgan fingerprint density at radius 3 is 2.69 bits per heavy atom. The minimum absolute atomic E-state index is 0.0000942. The van der Waals surface area contributed by atoms with Gasteiger partial charge in [0.05, 0.1) is 13.7 Å². The molecule has 1 aliphatic rings. The van der Waals surface area contributed by atoms with Gasteiger partial charge >= 0.3 is 0 Å². The molecule has 1 amide bonds. The summed E-state index contributed by atoms with van der Waals surface area (Å²) in [6.45, 7) is 5.87. The first kappa shape index (κ1) is 18.1. The molecule has 138 valence electrons. The molecule has 2 aromatic carbocycles. The maximum atomic E-state index is 12.6. The van der Waals surface area contributed by atoms with Crippen LogP contribution in [0.15, 0.2) is 36.4 Å². The fourth-order valence-corrected chi connectivity index (χ4v) is 3.13. The molecule has 2 aromatic rings. The Bertz CT molecular complexity index is 788. The van der Waals surface area contributed by atoms with E-state index < -0.39 is 0 Å². The molecule has 1 heterocycles. The monoisotopic (exact) mass is 355 g/mol. The van der Waals surface area contributed by atoms with Gasteiger partial charge < -0.3 is 19.1 Å². The zero-order chi connectivity index (χ0) is 18.5. The van der Waals surface area contributed by atoms with Crippen LogP contribution >= 0.6 is 0 Å². The van der Waals surface area contributed by atoms with Crippen molar-refractivity contribution in [1.29, 1.82) is 0 Å². The summed E-state index contributed by atoms with van der Waals surface area (Å²) in [4.78, 5) is 14.4. The highest BCUT2D eigenvalue weighted by molar-refractivity contribution is 5.78. The molecule has 0 N–H and O–H groups in total. The molecule has 1 aliphatic heterocycles. The Labute approximate surface area is 154 Å². The van der Waals surface area contributed by atoms with E-state index in [0.717, 1.165) is 23.3 Å². The van der Waals surface area contributed by atoms with Crippen LogP contribution in [0.25, 0.3) is 0 Å². The van der Waals surface area contributed by atoms with E-state index in [2.05, 4.69) is 6.07 Å². The number of benzene rings is 2. The summed E-state index contributed by atoms with van der Waals surface area (Å²) in [5.41, 5.74) is 3.50. The second kappa shape index (κ2) is 8.13. The van der Waals surface area contributed by atoms with E-state index in [1.54, 1.807) is 7.11 Å². The number of nitrogens with zero attached hydrogens (tertiary/aromatic N) is 1. The van der Waals surface area contributed by atoms with Gasteiger partial charge in [-0.1, -0.05) is 12.1 Å². The summed E-state index contributed by atoms with van der Waals surface area (Å²) in [6.07, 6.45) is 0.849. The molecule has 0 unspecified atom stereocenters. The summed E-state index contributed by atoms with van der Waals surface area (Å²) in [5, 5.41) is 0. The average molecular weight is 355 g/mol. The third-order valence-electron chi connectivity index (χ3n) is 4.52. The van der Waals surface area contributed by atoms with Crippen LogP contribution in [0.5, 0.6) is 17.2 Å². The average Bonchev–Trinajstić information content (AvgIpc) is 2.66. The van der Waals surface area contributed by atoms with Gasteiger partial charge in [0.1, 0.15) is 5.75 Å². The molecule has 0 atom stereocenters. The molecule has 5 nitrogen and oxygen atoms in total. The number of hydrogen-bond acceptors (Lipinski definition) is 4. The van der Waals surface area contributed by atoms with Crippen molar-refractivity contribution in [3.8, 4) is 17.2 Å². The van der Waals surface area contributed by atoms with Gasteiger partial charge in [0.2, 0.25) is 0 Å². The van der Waals surface area contributed by atoms with Gasteiger partial charge in [0, 0.05) is 13.1 Å². The zero-order valence-corrected chi connectivity index (χ0v) is 15.6. The van der Waals surface area contributed by atoms with E-state index in [9.17, 15) is 4.79 Å². The van der Waals surface area contributed by atoms with Gasteiger partial charge in [-0.25, -0.2) is 0 Å². The van der Waals surface area contributed by atoms with Crippen LogP contribution in [-0.2, 0) is 17.8 Å². The van der Waals surface area contributed by atoms with E-state index in [0.29, 0.717) is 31.2 Å². The Hall–Kier alpha value is -2.69. The van der Waals surface area contributed by atoms with Crippen molar-refractivity contribution in [1.82, 2.24) is 4.90 Å². The Morgan fingerprint density at radius 1 is 1.08 bits per heavy atom. The third-order valence-corrected chi connectivity index (χ3v) is 4.52. The number of fused-ring (bicyclic) bond motifs is 1. The molecule has 0 aromatic heterocycles. The molecular formula is C21H25NO4. The summed E-state index contributed by atoms with van der Waals surface area (Å²) < 4.78 is 16.6. The molecule has 0 radical (unpaired) electrons. The first-order valence-corrected chi connectivity index (χ1v) is 8.90. The lowest BCUT2D eigenvalue weighted by Crippen LogP contribution is -2.38. The molecule has 0 spiro atoms. The highest BCUT2D eigenvalue weighted by Gasteiger charge is 2.22. The number of hydrogen-bond donors (Lipinski definition) is 0. The molecular weight excluding hydrogens is 330 g/mol.